The number of nitrogens with zero attached hydrogens (tertiary/aromatic N) is 2. The second-order valence-corrected chi connectivity index (χ2v) is 5.19. The highest BCUT2D eigenvalue weighted by molar-refractivity contribution is 5.87. The van der Waals surface area contributed by atoms with Crippen LogP contribution in [-0.4, -0.2) is 23.3 Å². The van der Waals surface area contributed by atoms with E-state index in [1.165, 1.54) is 7.11 Å². The minimum atomic E-state index is -0.519. The molecule has 3 aromatic rings. The Morgan fingerprint density at radius 3 is 2.76 bits per heavy atom. The van der Waals surface area contributed by atoms with Gasteiger partial charge >= 0.3 is 5.97 Å². The van der Waals surface area contributed by atoms with Gasteiger partial charge in [0.15, 0.2) is 11.5 Å². The van der Waals surface area contributed by atoms with Crippen molar-refractivity contribution in [3.05, 3.63) is 71.8 Å². The quantitative estimate of drug-likeness (QED) is 0.661. The van der Waals surface area contributed by atoms with Gasteiger partial charge in [-0.1, -0.05) is 12.1 Å². The van der Waals surface area contributed by atoms with Crippen LogP contribution in [0.25, 0.3) is 0 Å². The van der Waals surface area contributed by atoms with Gasteiger partial charge in [-0.15, -0.1) is 10.2 Å². The number of nitrogens with one attached hydrogen (secondary N) is 1. The predicted molar refractivity (Wildman–Crippen MR) is 90.3 cm³/mol. The summed E-state index contributed by atoms with van der Waals surface area (Å²) >= 11 is 0. The van der Waals surface area contributed by atoms with Crippen LogP contribution < -0.4 is 5.32 Å². The van der Waals surface area contributed by atoms with Crippen molar-refractivity contribution in [3.8, 4) is 0 Å². The molecule has 7 nitrogen and oxygen atoms in total. The number of hydrogen-bond acceptors (Lipinski definition) is 7. The monoisotopic (exact) mass is 339 g/mol. The molecule has 0 atom stereocenters. The fraction of sp³-hybridized carbons (Fsp3) is 0.167. The molecule has 0 spiro atoms. The van der Waals surface area contributed by atoms with Crippen molar-refractivity contribution >= 4 is 17.5 Å². The molecule has 2 heterocycles. The number of carbonyl (C=O) groups is 1. The van der Waals surface area contributed by atoms with E-state index >= 15 is 0 Å². The van der Waals surface area contributed by atoms with Crippen molar-refractivity contribution in [3.63, 3.8) is 0 Å². The first-order valence-corrected chi connectivity index (χ1v) is 7.63. The summed E-state index contributed by atoms with van der Waals surface area (Å²) in [6.07, 6.45) is 1.62. The van der Waals surface area contributed by atoms with Gasteiger partial charge in [0.1, 0.15) is 12.4 Å². The summed E-state index contributed by atoms with van der Waals surface area (Å²) in [5.41, 5.74) is 2.02. The normalized spacial score (nSPS) is 10.4. The maximum Gasteiger partial charge on any atom is 0.358 e. The van der Waals surface area contributed by atoms with Gasteiger partial charge in [-0.25, -0.2) is 4.79 Å². The predicted octanol–water partition coefficient (Wildman–Crippen LogP) is 3.32. The van der Waals surface area contributed by atoms with Gasteiger partial charge < -0.3 is 19.2 Å². The minimum absolute atomic E-state index is 0.160. The molecule has 1 aromatic carbocycles. The lowest BCUT2D eigenvalue weighted by Crippen LogP contribution is -2.06. The van der Waals surface area contributed by atoms with E-state index in [0.717, 1.165) is 17.0 Å². The van der Waals surface area contributed by atoms with Gasteiger partial charge in [-0.2, -0.15) is 0 Å². The number of methoxy groups -OCH3 is 1. The lowest BCUT2D eigenvalue weighted by molar-refractivity contribution is 0.0593. The maximum absolute atomic E-state index is 11.3. The summed E-state index contributed by atoms with van der Waals surface area (Å²) in [4.78, 5) is 11.3. The van der Waals surface area contributed by atoms with E-state index in [4.69, 9.17) is 9.15 Å². The molecule has 2 aromatic heterocycles. The van der Waals surface area contributed by atoms with Crippen LogP contribution in [0, 0.1) is 0 Å². The minimum Gasteiger partial charge on any atom is -0.467 e. The summed E-state index contributed by atoms with van der Waals surface area (Å²) in [5, 5.41) is 10.9. The van der Waals surface area contributed by atoms with Crippen LogP contribution in [0.5, 0.6) is 0 Å². The summed E-state index contributed by atoms with van der Waals surface area (Å²) < 4.78 is 15.4. The van der Waals surface area contributed by atoms with Crippen molar-refractivity contribution < 1.29 is 18.7 Å². The van der Waals surface area contributed by atoms with Crippen LogP contribution in [0.15, 0.2) is 59.2 Å². The van der Waals surface area contributed by atoms with E-state index < -0.39 is 5.97 Å². The van der Waals surface area contributed by atoms with Gasteiger partial charge in [-0.05, 0) is 42.0 Å². The first-order valence-electron chi connectivity index (χ1n) is 7.63. The molecule has 0 unspecified atom stereocenters. The molecule has 3 rings (SSSR count). The van der Waals surface area contributed by atoms with E-state index in [2.05, 4.69) is 20.3 Å². The molecule has 0 aliphatic heterocycles. The number of esters is 1. The second kappa shape index (κ2) is 8.07. The van der Waals surface area contributed by atoms with Crippen LogP contribution >= 0.6 is 0 Å². The van der Waals surface area contributed by atoms with E-state index in [1.807, 2.05) is 36.4 Å². The number of carbonyl (C=O) groups excluding carboxylic acids is 1. The van der Waals surface area contributed by atoms with E-state index in [0.29, 0.717) is 19.0 Å². The van der Waals surface area contributed by atoms with Crippen LogP contribution in [0.1, 0.15) is 21.8 Å². The molecule has 0 fully saturated rings. The fourth-order valence-corrected chi connectivity index (χ4v) is 2.16. The molecule has 25 heavy (non-hydrogen) atoms. The molecule has 128 valence electrons. The van der Waals surface area contributed by atoms with Gasteiger partial charge in [0.2, 0.25) is 0 Å². The average molecular weight is 339 g/mol. The molecular weight excluding hydrogens is 322 g/mol. The summed E-state index contributed by atoms with van der Waals surface area (Å²) in [7, 11) is 1.30. The van der Waals surface area contributed by atoms with E-state index in [1.54, 1.807) is 18.4 Å². The first-order chi connectivity index (χ1) is 12.2. The number of furan rings is 1. The zero-order valence-corrected chi connectivity index (χ0v) is 13.6. The standard InChI is InChI=1S/C18H17N3O4/c1-23-18(22)16-7-8-17(21-20-16)19-14-5-2-4-13(10-14)11-24-12-15-6-3-9-25-15/h2-10H,11-12H2,1H3,(H,19,21). The maximum atomic E-state index is 11.3. The lowest BCUT2D eigenvalue weighted by atomic mass is 10.2. The highest BCUT2D eigenvalue weighted by Crippen LogP contribution is 2.17. The Morgan fingerprint density at radius 2 is 2.04 bits per heavy atom. The zero-order chi connectivity index (χ0) is 17.5. The van der Waals surface area contributed by atoms with Crippen molar-refractivity contribution in [1.29, 1.82) is 0 Å². The third-order valence-electron chi connectivity index (χ3n) is 3.35. The van der Waals surface area contributed by atoms with Crippen LogP contribution in [0.2, 0.25) is 0 Å². The Bertz CT molecular complexity index is 817. The molecule has 0 aliphatic carbocycles. The largest absolute Gasteiger partial charge is 0.467 e. The Balaban J connectivity index is 1.58. The summed E-state index contributed by atoms with van der Waals surface area (Å²) in [6, 6.07) is 14.7. The average Bonchev–Trinajstić information content (AvgIpc) is 3.15. The van der Waals surface area contributed by atoms with Crippen LogP contribution in [0.4, 0.5) is 11.5 Å². The Kier molecular flexibility index (Phi) is 5.38. The number of anilines is 2. The molecule has 0 bridgehead atoms. The second-order valence-electron chi connectivity index (χ2n) is 5.19. The SMILES string of the molecule is COC(=O)c1ccc(Nc2cccc(COCc3ccco3)c2)nn1. The van der Waals surface area contributed by atoms with Crippen LogP contribution in [0.3, 0.4) is 0 Å². The Labute approximate surface area is 144 Å². The van der Waals surface area contributed by atoms with Crippen molar-refractivity contribution in [2.45, 2.75) is 13.2 Å². The molecule has 0 aliphatic rings. The van der Waals surface area contributed by atoms with Gasteiger partial charge in [-0.3, -0.25) is 0 Å². The summed E-state index contributed by atoms with van der Waals surface area (Å²) in [6.45, 7) is 0.883. The van der Waals surface area contributed by atoms with E-state index in [-0.39, 0.29) is 5.69 Å². The molecule has 7 heteroatoms. The summed E-state index contributed by atoms with van der Waals surface area (Å²) in [5.74, 6) is 0.798. The Morgan fingerprint density at radius 1 is 1.12 bits per heavy atom. The van der Waals surface area contributed by atoms with Crippen molar-refractivity contribution in [1.82, 2.24) is 10.2 Å². The lowest BCUT2D eigenvalue weighted by Gasteiger charge is -2.08. The fourth-order valence-electron chi connectivity index (χ4n) is 2.16. The van der Waals surface area contributed by atoms with Gasteiger partial charge in [0, 0.05) is 5.69 Å². The molecule has 0 saturated heterocycles. The Hall–Kier alpha value is -3.19. The first kappa shape index (κ1) is 16.7. The highest BCUT2D eigenvalue weighted by atomic mass is 16.5. The number of aromatic nitrogens is 2. The number of ether oxygens (including phenoxy) is 2. The zero-order valence-electron chi connectivity index (χ0n) is 13.6. The molecule has 0 amide bonds. The molecule has 0 radical (unpaired) electrons. The third kappa shape index (κ3) is 4.65. The number of benzene rings is 1. The number of rotatable bonds is 7. The molecule has 0 saturated carbocycles. The highest BCUT2D eigenvalue weighted by Gasteiger charge is 2.07. The van der Waals surface area contributed by atoms with Crippen molar-refractivity contribution in [2.24, 2.45) is 0 Å². The smallest absolute Gasteiger partial charge is 0.358 e. The van der Waals surface area contributed by atoms with Crippen molar-refractivity contribution in [2.75, 3.05) is 12.4 Å². The van der Waals surface area contributed by atoms with Crippen LogP contribution in [-0.2, 0) is 22.7 Å². The third-order valence-corrected chi connectivity index (χ3v) is 3.35. The topological polar surface area (TPSA) is 86.5 Å². The number of hydrogen-bond donors (Lipinski definition) is 1. The molecular formula is C18H17N3O4. The van der Waals surface area contributed by atoms with E-state index in [9.17, 15) is 4.79 Å². The molecule has 1 N–H and O–H groups in total. The van der Waals surface area contributed by atoms with Gasteiger partial charge in [0.05, 0.1) is 20.0 Å². The van der Waals surface area contributed by atoms with Gasteiger partial charge in [0.25, 0.3) is 0 Å².